The van der Waals surface area contributed by atoms with Crippen molar-refractivity contribution in [2.75, 3.05) is 59.1 Å². The van der Waals surface area contributed by atoms with Gasteiger partial charge in [0.2, 0.25) is 5.96 Å². The van der Waals surface area contributed by atoms with E-state index in [9.17, 15) is 0 Å². The zero-order valence-corrected chi connectivity index (χ0v) is 12.6. The Bertz CT molecular complexity index is 275. The third-order valence-corrected chi connectivity index (χ3v) is 3.35. The molecule has 20 heavy (non-hydrogen) atoms. The fourth-order valence-corrected chi connectivity index (χ4v) is 2.28. The first kappa shape index (κ1) is 17.2. The number of ether oxygens (including phenoxy) is 1. The topological polar surface area (TPSA) is 86.4 Å². The maximum atomic E-state index is 9.00. The number of hydrogen-bond donors (Lipinski definition) is 3. The molecule has 0 atom stereocenters. The summed E-state index contributed by atoms with van der Waals surface area (Å²) < 4.78 is 5.29. The Morgan fingerprint density at radius 3 is 2.90 bits per heavy atom. The fraction of sp³-hybridized carbons (Fsp3) is 0.923. The van der Waals surface area contributed by atoms with Gasteiger partial charge in [-0.1, -0.05) is 0 Å². The van der Waals surface area contributed by atoms with Crippen LogP contribution in [0.1, 0.15) is 19.8 Å². The minimum Gasteiger partial charge on any atom is -0.395 e. The Balaban J connectivity index is 2.38. The lowest BCUT2D eigenvalue weighted by Gasteiger charge is -2.24. The quantitative estimate of drug-likeness (QED) is 0.187. The molecule has 1 aliphatic heterocycles. The monoisotopic (exact) mass is 287 g/mol. The van der Waals surface area contributed by atoms with Gasteiger partial charge < -0.3 is 14.7 Å². The van der Waals surface area contributed by atoms with Gasteiger partial charge in [0.25, 0.3) is 0 Å². The number of nitrogens with two attached hydrogens (primary N) is 1. The first-order valence-electron chi connectivity index (χ1n) is 7.48. The molecule has 1 saturated heterocycles. The zero-order valence-electron chi connectivity index (χ0n) is 12.6. The van der Waals surface area contributed by atoms with Crippen molar-refractivity contribution in [3.8, 4) is 0 Å². The molecule has 7 heteroatoms. The highest BCUT2D eigenvalue weighted by Crippen LogP contribution is 2.03. The summed E-state index contributed by atoms with van der Waals surface area (Å²) in [6.07, 6.45) is 1.96. The highest BCUT2D eigenvalue weighted by molar-refractivity contribution is 5.79. The third kappa shape index (κ3) is 6.51. The largest absolute Gasteiger partial charge is 0.395 e. The van der Waals surface area contributed by atoms with Crippen LogP contribution in [0.5, 0.6) is 0 Å². The van der Waals surface area contributed by atoms with Crippen LogP contribution in [0.2, 0.25) is 0 Å². The number of aliphatic hydroxyl groups excluding tert-OH is 1. The van der Waals surface area contributed by atoms with Crippen LogP contribution >= 0.6 is 0 Å². The van der Waals surface area contributed by atoms with E-state index in [4.69, 9.17) is 15.7 Å². The van der Waals surface area contributed by atoms with Gasteiger partial charge in [0.05, 0.1) is 6.61 Å². The Hall–Kier alpha value is -0.890. The standard InChI is InChI=1S/C13H29N5O2/c1-2-20-12-3-5-15-13(16-14)18-7-4-6-17(8-9-18)10-11-19/h19H,2-12,14H2,1H3,(H,15,16). The highest BCUT2D eigenvalue weighted by atomic mass is 16.5. The predicted octanol–water partition coefficient (Wildman–Crippen LogP) is -0.768. The number of nitrogens with one attached hydrogen (secondary N) is 1. The highest BCUT2D eigenvalue weighted by Gasteiger charge is 2.16. The van der Waals surface area contributed by atoms with Crippen molar-refractivity contribution in [3.63, 3.8) is 0 Å². The minimum absolute atomic E-state index is 0.216. The van der Waals surface area contributed by atoms with Crippen molar-refractivity contribution in [2.24, 2.45) is 10.8 Å². The molecule has 118 valence electrons. The molecular formula is C13H29N5O2. The Kier molecular flexibility index (Phi) is 9.31. The molecule has 0 radical (unpaired) electrons. The summed E-state index contributed by atoms with van der Waals surface area (Å²) in [4.78, 5) is 8.95. The van der Waals surface area contributed by atoms with Crippen LogP contribution in [0.15, 0.2) is 4.99 Å². The maximum Gasteiger partial charge on any atom is 0.208 e. The summed E-state index contributed by atoms with van der Waals surface area (Å²) in [6.45, 7) is 8.92. The molecule has 0 spiro atoms. The van der Waals surface area contributed by atoms with E-state index < -0.39 is 0 Å². The van der Waals surface area contributed by atoms with E-state index in [0.717, 1.165) is 71.3 Å². The molecule has 0 aromatic heterocycles. The van der Waals surface area contributed by atoms with E-state index in [2.05, 4.69) is 20.2 Å². The van der Waals surface area contributed by atoms with Gasteiger partial charge in [-0.05, 0) is 26.3 Å². The Morgan fingerprint density at radius 2 is 2.20 bits per heavy atom. The number of β-amino-alcohol motifs (C(OH)–C–C–N with tert-alkyl or cyclic N) is 1. The van der Waals surface area contributed by atoms with Crippen LogP contribution in [-0.4, -0.2) is 80.0 Å². The summed E-state index contributed by atoms with van der Waals surface area (Å²) in [7, 11) is 0. The molecule has 0 aliphatic carbocycles. The smallest absolute Gasteiger partial charge is 0.208 e. The van der Waals surface area contributed by atoms with Crippen LogP contribution in [0.4, 0.5) is 0 Å². The predicted molar refractivity (Wildman–Crippen MR) is 80.5 cm³/mol. The molecule has 0 aromatic rings. The van der Waals surface area contributed by atoms with Crippen molar-refractivity contribution >= 4 is 5.96 Å². The van der Waals surface area contributed by atoms with E-state index in [1.165, 1.54) is 0 Å². The van der Waals surface area contributed by atoms with Crippen molar-refractivity contribution < 1.29 is 9.84 Å². The van der Waals surface area contributed by atoms with Crippen molar-refractivity contribution in [1.29, 1.82) is 0 Å². The number of rotatable bonds is 7. The molecule has 0 amide bonds. The number of hydrazine groups is 1. The average molecular weight is 287 g/mol. The van der Waals surface area contributed by atoms with Crippen molar-refractivity contribution in [3.05, 3.63) is 0 Å². The molecule has 0 saturated carbocycles. The van der Waals surface area contributed by atoms with Crippen LogP contribution in [0, 0.1) is 0 Å². The summed E-state index contributed by atoms with van der Waals surface area (Å²) in [5, 5.41) is 9.00. The van der Waals surface area contributed by atoms with Crippen LogP contribution in [0.25, 0.3) is 0 Å². The van der Waals surface area contributed by atoms with E-state index in [0.29, 0.717) is 0 Å². The number of guanidine groups is 1. The summed E-state index contributed by atoms with van der Waals surface area (Å²) >= 11 is 0. The normalized spacial score (nSPS) is 18.1. The van der Waals surface area contributed by atoms with Gasteiger partial charge in [-0.3, -0.25) is 15.3 Å². The molecule has 1 heterocycles. The van der Waals surface area contributed by atoms with E-state index >= 15 is 0 Å². The van der Waals surface area contributed by atoms with Gasteiger partial charge in [-0.15, -0.1) is 0 Å². The molecule has 7 nitrogen and oxygen atoms in total. The lowest BCUT2D eigenvalue weighted by Crippen LogP contribution is -2.46. The van der Waals surface area contributed by atoms with Gasteiger partial charge >= 0.3 is 0 Å². The Morgan fingerprint density at radius 1 is 1.35 bits per heavy atom. The molecule has 4 N–H and O–H groups in total. The number of nitrogens with zero attached hydrogens (tertiary/aromatic N) is 3. The molecule has 0 bridgehead atoms. The molecule has 0 unspecified atom stereocenters. The minimum atomic E-state index is 0.216. The maximum absolute atomic E-state index is 9.00. The van der Waals surface area contributed by atoms with E-state index in [1.54, 1.807) is 0 Å². The average Bonchev–Trinajstić information content (AvgIpc) is 2.69. The van der Waals surface area contributed by atoms with Crippen molar-refractivity contribution in [2.45, 2.75) is 19.8 Å². The molecule has 1 fully saturated rings. The first-order chi connectivity index (χ1) is 9.81. The number of aliphatic imine (C=N–C) groups is 1. The second-order valence-electron chi connectivity index (χ2n) is 4.81. The number of aliphatic hydroxyl groups is 1. The zero-order chi connectivity index (χ0) is 14.6. The van der Waals surface area contributed by atoms with Crippen LogP contribution < -0.4 is 11.3 Å². The van der Waals surface area contributed by atoms with Gasteiger partial charge in [0, 0.05) is 45.9 Å². The second-order valence-corrected chi connectivity index (χ2v) is 4.81. The fourth-order valence-electron chi connectivity index (χ4n) is 2.28. The van der Waals surface area contributed by atoms with Gasteiger partial charge in [-0.25, -0.2) is 5.84 Å². The Labute approximate surface area is 121 Å². The molecule has 1 rings (SSSR count). The first-order valence-corrected chi connectivity index (χ1v) is 7.48. The second kappa shape index (κ2) is 10.8. The SMILES string of the molecule is CCOCCCN=C(NN)N1CCCN(CCO)CC1. The van der Waals surface area contributed by atoms with Crippen LogP contribution in [-0.2, 0) is 4.74 Å². The van der Waals surface area contributed by atoms with Crippen molar-refractivity contribution in [1.82, 2.24) is 15.2 Å². The molecular weight excluding hydrogens is 258 g/mol. The summed E-state index contributed by atoms with van der Waals surface area (Å²) in [5.41, 5.74) is 2.70. The van der Waals surface area contributed by atoms with Crippen LogP contribution in [0.3, 0.4) is 0 Å². The number of hydrogen-bond acceptors (Lipinski definition) is 5. The molecule has 0 aromatic carbocycles. The van der Waals surface area contributed by atoms with Gasteiger partial charge in [-0.2, -0.15) is 0 Å². The van der Waals surface area contributed by atoms with Gasteiger partial charge in [0.15, 0.2) is 0 Å². The van der Waals surface area contributed by atoms with E-state index in [-0.39, 0.29) is 6.61 Å². The summed E-state index contributed by atoms with van der Waals surface area (Å²) in [6, 6.07) is 0. The third-order valence-electron chi connectivity index (χ3n) is 3.35. The van der Waals surface area contributed by atoms with Gasteiger partial charge in [0.1, 0.15) is 0 Å². The summed E-state index contributed by atoms with van der Waals surface area (Å²) in [5.74, 6) is 6.34. The molecule has 1 aliphatic rings. The lowest BCUT2D eigenvalue weighted by molar-refractivity contribution is 0.146. The van der Waals surface area contributed by atoms with E-state index in [1.807, 2.05) is 6.92 Å². The lowest BCUT2D eigenvalue weighted by atomic mass is 10.4.